The molecular weight excluding hydrogens is 1020 g/mol. The molecule has 2 saturated carbocycles. The van der Waals surface area contributed by atoms with Crippen LogP contribution in [0.3, 0.4) is 0 Å². The SMILES string of the molecule is CC(C)(C)N(c1ccccc1)c1cc2c3c(c1)N(c1ccccc1)c1cc4c(cc1B3c1ccccc1N2c1ccccc1)B1c2ccccc2N(c2ccccc2)c2cc(N(C3CCCCC3)C3CCCCC3)cc(c21)N4c1ccccc1. The molecule has 0 unspecified atom stereocenters. The van der Waals surface area contributed by atoms with Crippen LogP contribution in [0.5, 0.6) is 0 Å². The second-order valence-electron chi connectivity index (χ2n) is 25.3. The Hall–Kier alpha value is -8.87. The predicted octanol–water partition coefficient (Wildman–Crippen LogP) is 16.3. The Morgan fingerprint density at radius 2 is 0.643 bits per heavy atom. The zero-order chi connectivity index (χ0) is 56.0. The lowest BCUT2D eigenvalue weighted by atomic mass is 9.30. The molecule has 6 nitrogen and oxygen atoms in total. The molecule has 16 rings (SSSR count). The highest BCUT2D eigenvalue weighted by Crippen LogP contribution is 2.52. The Labute approximate surface area is 497 Å². The summed E-state index contributed by atoms with van der Waals surface area (Å²) >= 11 is 0. The Morgan fingerprint density at radius 1 is 0.310 bits per heavy atom. The highest BCUT2D eigenvalue weighted by Gasteiger charge is 2.49. The van der Waals surface area contributed by atoms with Crippen molar-refractivity contribution in [2.45, 2.75) is 103 Å². The van der Waals surface area contributed by atoms with Gasteiger partial charge in [-0.1, -0.05) is 172 Å². The molecule has 4 aliphatic heterocycles. The Kier molecular flexibility index (Phi) is 12.4. The van der Waals surface area contributed by atoms with Gasteiger partial charge >= 0.3 is 0 Å². The quantitative estimate of drug-likeness (QED) is 0.133. The number of nitrogens with zero attached hydrogens (tertiary/aromatic N) is 6. The number of benzene rings is 10. The topological polar surface area (TPSA) is 19.4 Å². The van der Waals surface area contributed by atoms with Gasteiger partial charge in [-0.05, 0) is 182 Å². The van der Waals surface area contributed by atoms with Gasteiger partial charge in [0.2, 0.25) is 0 Å². The molecule has 84 heavy (non-hydrogen) atoms. The van der Waals surface area contributed by atoms with Crippen molar-refractivity contribution in [3.05, 3.63) is 237 Å². The van der Waals surface area contributed by atoms with Gasteiger partial charge in [-0.15, -0.1) is 0 Å². The van der Waals surface area contributed by atoms with E-state index in [-0.39, 0.29) is 19.0 Å². The third-order valence-corrected chi connectivity index (χ3v) is 19.3. The molecule has 0 amide bonds. The fraction of sp³-hybridized carbons (Fsp3) is 0.211. The maximum absolute atomic E-state index is 2.97. The third kappa shape index (κ3) is 8.22. The normalized spacial score (nSPS) is 16.0. The van der Waals surface area contributed by atoms with Crippen LogP contribution in [-0.2, 0) is 0 Å². The standard InChI is InChI=1S/C76H70B2N6/c1-76(2,3)84(59-41-23-10-24-42-59)61-49-72-75-73(50-61)83(58-39-21-9-22-40-58)69-52-68-64(51-65(69)78(75)63-44-26-28-46-67(63)81(72)56-35-17-7-18-36-56)77-62-43-25-27-45-66(62)80(55-33-15-6-16-34-55)70-47-60(48-71(74(70)77)82(68)57-37-19-8-20-38-57)79(53-29-11-4-12-30-53)54-31-13-5-14-32-54/h6-10,15-28,33-54H,4-5,11-14,29-32H2,1-3H3. The van der Waals surface area contributed by atoms with E-state index in [0.29, 0.717) is 12.1 Å². The fourth-order valence-corrected chi connectivity index (χ4v) is 16.0. The first-order valence-corrected chi connectivity index (χ1v) is 31.1. The molecule has 8 heteroatoms. The molecule has 0 spiro atoms. The number of rotatable bonds is 9. The fourth-order valence-electron chi connectivity index (χ4n) is 16.0. The number of anilines is 15. The van der Waals surface area contributed by atoms with Gasteiger partial charge < -0.3 is 29.4 Å². The van der Waals surface area contributed by atoms with Gasteiger partial charge in [0.1, 0.15) is 0 Å². The van der Waals surface area contributed by atoms with E-state index in [1.165, 1.54) is 160 Å². The summed E-state index contributed by atoms with van der Waals surface area (Å²) in [5.74, 6) is 0. The van der Waals surface area contributed by atoms with Crippen molar-refractivity contribution in [2.24, 2.45) is 0 Å². The Bertz CT molecular complexity index is 4070. The van der Waals surface area contributed by atoms with Gasteiger partial charge in [0, 0.05) is 103 Å². The maximum atomic E-state index is 2.97. The van der Waals surface area contributed by atoms with Crippen LogP contribution in [0.4, 0.5) is 85.3 Å². The molecule has 2 fully saturated rings. The molecule has 2 aliphatic carbocycles. The number of hydrogen-bond donors (Lipinski definition) is 0. The molecule has 6 aliphatic rings. The first kappa shape index (κ1) is 50.8. The highest BCUT2D eigenvalue weighted by atomic mass is 15.2. The molecule has 0 radical (unpaired) electrons. The van der Waals surface area contributed by atoms with Crippen LogP contribution in [0.1, 0.15) is 85.0 Å². The van der Waals surface area contributed by atoms with Crippen molar-refractivity contribution in [1.29, 1.82) is 0 Å². The third-order valence-electron chi connectivity index (χ3n) is 19.3. The van der Waals surface area contributed by atoms with E-state index in [2.05, 4.69) is 287 Å². The lowest BCUT2D eigenvalue weighted by Gasteiger charge is -2.49. The lowest BCUT2D eigenvalue weighted by Crippen LogP contribution is -2.65. The summed E-state index contributed by atoms with van der Waals surface area (Å²) in [6.45, 7) is 6.87. The zero-order valence-electron chi connectivity index (χ0n) is 48.6. The summed E-state index contributed by atoms with van der Waals surface area (Å²) in [6, 6.07) is 91.1. The number of hydrogen-bond acceptors (Lipinski definition) is 6. The van der Waals surface area contributed by atoms with Crippen molar-refractivity contribution >= 4 is 132 Å². The summed E-state index contributed by atoms with van der Waals surface area (Å²) in [5.41, 5.74) is 25.8. The highest BCUT2D eigenvalue weighted by molar-refractivity contribution is 7.03. The second kappa shape index (κ2) is 20.5. The molecule has 0 aromatic heterocycles. The van der Waals surface area contributed by atoms with Crippen molar-refractivity contribution in [3.8, 4) is 0 Å². The van der Waals surface area contributed by atoms with E-state index in [9.17, 15) is 0 Å². The van der Waals surface area contributed by atoms with Gasteiger partial charge in [0.05, 0.1) is 0 Å². The average Bonchev–Trinajstić information content (AvgIpc) is 0.763. The summed E-state index contributed by atoms with van der Waals surface area (Å²) in [6.07, 6.45) is 12.9. The van der Waals surface area contributed by atoms with Crippen LogP contribution in [0.15, 0.2) is 237 Å². The Morgan fingerprint density at radius 3 is 1.02 bits per heavy atom. The van der Waals surface area contributed by atoms with Crippen LogP contribution in [0.25, 0.3) is 0 Å². The Balaban J connectivity index is 1.02. The first-order chi connectivity index (χ1) is 41.4. The minimum Gasteiger partial charge on any atom is -0.365 e. The van der Waals surface area contributed by atoms with Crippen molar-refractivity contribution in [3.63, 3.8) is 0 Å². The smallest absolute Gasteiger partial charge is 0.252 e. The van der Waals surface area contributed by atoms with Crippen molar-refractivity contribution in [2.75, 3.05) is 29.4 Å². The van der Waals surface area contributed by atoms with Gasteiger partial charge in [0.15, 0.2) is 0 Å². The van der Waals surface area contributed by atoms with Crippen LogP contribution in [0.2, 0.25) is 0 Å². The summed E-state index contributed by atoms with van der Waals surface area (Å²) in [7, 11) is 0. The second-order valence-corrected chi connectivity index (χ2v) is 25.3. The molecule has 0 atom stereocenters. The molecule has 0 N–H and O–H groups in total. The minimum absolute atomic E-state index is 0.0578. The van der Waals surface area contributed by atoms with Gasteiger partial charge in [-0.3, -0.25) is 0 Å². The molecular formula is C76H70B2N6. The monoisotopic (exact) mass is 1090 g/mol. The van der Waals surface area contributed by atoms with E-state index in [0.717, 1.165) is 22.7 Å². The van der Waals surface area contributed by atoms with Gasteiger partial charge in [-0.2, -0.15) is 0 Å². The van der Waals surface area contributed by atoms with E-state index < -0.39 is 0 Å². The number of fused-ring (bicyclic) bond motifs is 8. The predicted molar refractivity (Wildman–Crippen MR) is 359 cm³/mol. The number of para-hydroxylation sites is 7. The molecule has 10 aromatic rings. The minimum atomic E-state index is -0.272. The van der Waals surface area contributed by atoms with Crippen LogP contribution in [-0.4, -0.2) is 31.0 Å². The van der Waals surface area contributed by atoms with Crippen molar-refractivity contribution in [1.82, 2.24) is 0 Å². The van der Waals surface area contributed by atoms with Crippen LogP contribution in [0, 0.1) is 0 Å². The molecule has 0 bridgehead atoms. The van der Waals surface area contributed by atoms with Gasteiger partial charge in [0.25, 0.3) is 13.4 Å². The largest absolute Gasteiger partial charge is 0.365 e. The summed E-state index contributed by atoms with van der Waals surface area (Å²) in [5, 5.41) is 0. The molecule has 0 saturated heterocycles. The zero-order valence-corrected chi connectivity index (χ0v) is 48.6. The maximum Gasteiger partial charge on any atom is 0.252 e. The molecule has 10 aromatic carbocycles. The van der Waals surface area contributed by atoms with Crippen LogP contribution < -0.4 is 62.2 Å². The van der Waals surface area contributed by atoms with Crippen molar-refractivity contribution < 1.29 is 0 Å². The van der Waals surface area contributed by atoms with E-state index >= 15 is 0 Å². The van der Waals surface area contributed by atoms with E-state index in [1.54, 1.807) is 0 Å². The summed E-state index contributed by atoms with van der Waals surface area (Å²) in [4.78, 5) is 16.0. The summed E-state index contributed by atoms with van der Waals surface area (Å²) < 4.78 is 0. The van der Waals surface area contributed by atoms with Gasteiger partial charge in [-0.25, -0.2) is 0 Å². The lowest BCUT2D eigenvalue weighted by molar-refractivity contribution is 0.340. The first-order valence-electron chi connectivity index (χ1n) is 31.1. The molecule has 4 heterocycles. The average molecular weight is 1090 g/mol. The van der Waals surface area contributed by atoms with E-state index in [1.807, 2.05) is 0 Å². The van der Waals surface area contributed by atoms with E-state index in [4.69, 9.17) is 0 Å². The molecule has 410 valence electrons. The van der Waals surface area contributed by atoms with Crippen LogP contribution >= 0.6 is 0 Å².